The van der Waals surface area contributed by atoms with Gasteiger partial charge in [-0.1, -0.05) is 39.3 Å². The van der Waals surface area contributed by atoms with E-state index in [1.165, 1.54) is 27.5 Å². The monoisotopic (exact) mass is 435 g/mol. The van der Waals surface area contributed by atoms with E-state index in [-0.39, 0.29) is 50.7 Å². The predicted molar refractivity (Wildman–Crippen MR) is 63.1 cm³/mol. The Morgan fingerprint density at radius 1 is 1.06 bits per heavy atom. The summed E-state index contributed by atoms with van der Waals surface area (Å²) in [4.78, 5) is 0. The van der Waals surface area contributed by atoms with Gasteiger partial charge in [0, 0.05) is 25.8 Å². The maximum atomic E-state index is 2.30. The Kier molecular flexibility index (Phi) is 8.84. The Bertz CT molecular complexity index is 472. The van der Waals surface area contributed by atoms with Crippen LogP contribution in [0.25, 0.3) is 10.8 Å². The summed E-state index contributed by atoms with van der Waals surface area (Å²) in [7, 11) is 0. The van der Waals surface area contributed by atoms with Gasteiger partial charge in [-0.3, -0.25) is 0 Å². The maximum Gasteiger partial charge on any atom is 0 e. The van der Waals surface area contributed by atoms with Gasteiger partial charge < -0.3 is 24.8 Å². The van der Waals surface area contributed by atoms with Crippen molar-refractivity contribution in [2.75, 3.05) is 0 Å². The molecule has 0 radical (unpaired) electrons. The second kappa shape index (κ2) is 7.66. The van der Waals surface area contributed by atoms with Gasteiger partial charge in [0.2, 0.25) is 0 Å². The molecule has 0 heterocycles. The molecule has 0 aliphatic carbocycles. The summed E-state index contributed by atoms with van der Waals surface area (Å²) in [5.74, 6) is 0.611. The normalized spacial score (nSPS) is 9.47. The molecule has 0 aliphatic rings. The molecule has 2 aromatic rings. The molecule has 0 aromatic heterocycles. The van der Waals surface area contributed by atoms with Gasteiger partial charge in [0.25, 0.3) is 0 Å². The minimum Gasteiger partial charge on any atom is -1.00 e. The number of hydrogen-bond donors (Lipinski definition) is 0. The zero-order chi connectivity index (χ0) is 10.3. The molecule has 0 nitrogen and oxygen atoms in total. The summed E-state index contributed by atoms with van der Waals surface area (Å²) in [6.45, 7) is 8.87. The van der Waals surface area contributed by atoms with E-state index >= 15 is 0 Å². The van der Waals surface area contributed by atoms with Crippen molar-refractivity contribution in [2.24, 2.45) is 0 Å². The molecule has 0 aliphatic heterocycles. The van der Waals surface area contributed by atoms with Crippen LogP contribution in [0.4, 0.5) is 0 Å². The van der Waals surface area contributed by atoms with Crippen molar-refractivity contribution >= 4 is 10.8 Å². The smallest absolute Gasteiger partial charge is 0 e. The third-order valence-corrected chi connectivity index (χ3v) is 2.90. The van der Waals surface area contributed by atoms with Crippen molar-refractivity contribution in [3.63, 3.8) is 0 Å². The summed E-state index contributed by atoms with van der Waals surface area (Å²) >= 11 is 0. The molecule has 0 bridgehead atoms. The van der Waals surface area contributed by atoms with E-state index in [9.17, 15) is 0 Å². The van der Waals surface area contributed by atoms with Crippen LogP contribution in [0, 0.1) is 13.8 Å². The fourth-order valence-electron chi connectivity index (χ4n) is 2.12. The van der Waals surface area contributed by atoms with Crippen molar-refractivity contribution in [3.8, 4) is 0 Å². The van der Waals surface area contributed by atoms with E-state index in [4.69, 9.17) is 0 Å². The molecule has 0 fully saturated rings. The third kappa shape index (κ3) is 3.87. The fraction of sp³-hybridized carbons (Fsp3) is 0.357. The molecule has 17 heavy (non-hydrogen) atoms. The zero-order valence-corrected chi connectivity index (χ0v) is 15.7. The second-order valence-corrected chi connectivity index (χ2v) is 4.49. The Hall–Kier alpha value is 0.280. The first-order valence-corrected chi connectivity index (χ1v) is 5.26. The van der Waals surface area contributed by atoms with Crippen molar-refractivity contribution in [1.82, 2.24) is 0 Å². The van der Waals surface area contributed by atoms with Crippen molar-refractivity contribution < 1.29 is 50.7 Å². The largest absolute Gasteiger partial charge is 1.00 e. The van der Waals surface area contributed by atoms with Gasteiger partial charge in [-0.2, -0.15) is 6.07 Å². The van der Waals surface area contributed by atoms with Gasteiger partial charge in [0.15, 0.2) is 0 Å². The number of rotatable bonds is 1. The molecule has 2 rings (SSSR count). The average Bonchev–Trinajstić information content (AvgIpc) is 2.47. The second-order valence-electron chi connectivity index (χ2n) is 4.49. The molecule has 0 saturated carbocycles. The van der Waals surface area contributed by atoms with Crippen LogP contribution in [0.15, 0.2) is 24.3 Å². The molecule has 0 amide bonds. The van der Waals surface area contributed by atoms with E-state index in [2.05, 4.69) is 52.0 Å². The Morgan fingerprint density at radius 3 is 2.18 bits per heavy atom. The van der Waals surface area contributed by atoms with E-state index in [1.54, 1.807) is 0 Å². The molecule has 0 saturated heterocycles. The minimum atomic E-state index is 0. The summed E-state index contributed by atoms with van der Waals surface area (Å²) in [6, 6.07) is 9.09. The standard InChI is InChI=1S/C14H17.2ClH.Hf/c1-9(2)12-6-5-11(4)13-7-10(3)8-14(12)13;;;/h5-9H,1-4H3;2*1H;/q-1;;;/p-2. The summed E-state index contributed by atoms with van der Waals surface area (Å²) in [5, 5.41) is 2.87. The first-order valence-electron chi connectivity index (χ1n) is 5.26. The number of benzene rings is 1. The van der Waals surface area contributed by atoms with E-state index in [1.807, 2.05) is 0 Å². The summed E-state index contributed by atoms with van der Waals surface area (Å²) < 4.78 is 0. The minimum absolute atomic E-state index is 0. The molecular weight excluding hydrogens is 418 g/mol. The van der Waals surface area contributed by atoms with Crippen LogP contribution in [-0.4, -0.2) is 0 Å². The summed E-state index contributed by atoms with van der Waals surface area (Å²) in [6.07, 6.45) is 0. The molecule has 0 unspecified atom stereocenters. The maximum absolute atomic E-state index is 2.30. The fourth-order valence-corrected chi connectivity index (χ4v) is 2.12. The van der Waals surface area contributed by atoms with Gasteiger partial charge in [-0.05, 0) is 5.92 Å². The van der Waals surface area contributed by atoms with Crippen LogP contribution in [0.1, 0.15) is 36.5 Å². The molecule has 0 spiro atoms. The van der Waals surface area contributed by atoms with Crippen LogP contribution in [0.2, 0.25) is 0 Å². The quantitative estimate of drug-likeness (QED) is 0.371. The van der Waals surface area contributed by atoms with Crippen LogP contribution < -0.4 is 24.8 Å². The third-order valence-electron chi connectivity index (χ3n) is 2.90. The van der Waals surface area contributed by atoms with E-state index in [0.29, 0.717) is 5.92 Å². The van der Waals surface area contributed by atoms with E-state index < -0.39 is 0 Å². The Labute approximate surface area is 135 Å². The average molecular weight is 435 g/mol. The van der Waals surface area contributed by atoms with Gasteiger partial charge >= 0.3 is 0 Å². The molecule has 2 aromatic carbocycles. The molecule has 0 atom stereocenters. The van der Waals surface area contributed by atoms with Gasteiger partial charge in [0.05, 0.1) is 0 Å². The zero-order valence-electron chi connectivity index (χ0n) is 10.6. The molecule has 94 valence electrons. The van der Waals surface area contributed by atoms with Crippen molar-refractivity contribution in [3.05, 3.63) is 41.0 Å². The molecule has 0 N–H and O–H groups in total. The Balaban J connectivity index is 0. The predicted octanol–water partition coefficient (Wildman–Crippen LogP) is -1.70. The first kappa shape index (κ1) is 19.6. The summed E-state index contributed by atoms with van der Waals surface area (Å²) in [5.41, 5.74) is 4.23. The van der Waals surface area contributed by atoms with Crippen LogP contribution in [-0.2, 0) is 25.8 Å². The number of aryl methyl sites for hydroxylation is 2. The number of halogens is 2. The van der Waals surface area contributed by atoms with Gasteiger partial charge in [0.1, 0.15) is 0 Å². The van der Waals surface area contributed by atoms with Crippen molar-refractivity contribution in [1.29, 1.82) is 0 Å². The Morgan fingerprint density at radius 2 is 1.65 bits per heavy atom. The van der Waals surface area contributed by atoms with Gasteiger partial charge in [-0.15, -0.1) is 34.0 Å². The molecular formula is C14H17Cl2Hf-3. The number of fused-ring (bicyclic) bond motifs is 1. The first-order chi connectivity index (χ1) is 6.59. The SMILES string of the molecule is Cc1cc2c(C(C)C)ccc(C)c2[cH-]1.[Cl-].[Cl-].[Hf]. The van der Waals surface area contributed by atoms with E-state index in [0.717, 1.165) is 0 Å². The van der Waals surface area contributed by atoms with Crippen LogP contribution >= 0.6 is 0 Å². The number of hydrogen-bond acceptors (Lipinski definition) is 0. The van der Waals surface area contributed by atoms with Gasteiger partial charge in [-0.25, -0.2) is 0 Å². The molecule has 3 heteroatoms. The van der Waals surface area contributed by atoms with Crippen molar-refractivity contribution in [2.45, 2.75) is 33.6 Å². The topological polar surface area (TPSA) is 0 Å². The van der Waals surface area contributed by atoms with Crippen LogP contribution in [0.5, 0.6) is 0 Å². The van der Waals surface area contributed by atoms with Crippen LogP contribution in [0.3, 0.4) is 0 Å².